The molecule has 0 aliphatic carbocycles. The molecule has 3 heteroatoms. The molecule has 0 aromatic rings. The van der Waals surface area contributed by atoms with Crippen LogP contribution in [-0.4, -0.2) is 23.8 Å². The summed E-state index contributed by atoms with van der Waals surface area (Å²) in [6, 6.07) is 0. The number of hydrogen-bond donors (Lipinski definition) is 1. The van der Waals surface area contributed by atoms with E-state index in [0.717, 1.165) is 19.4 Å². The minimum absolute atomic E-state index is 0.0382. The Hall–Kier alpha value is -0.570. The highest BCUT2D eigenvalue weighted by Gasteiger charge is 2.20. The van der Waals surface area contributed by atoms with Crippen molar-refractivity contribution in [2.45, 2.75) is 32.3 Å². The van der Waals surface area contributed by atoms with Gasteiger partial charge in [0, 0.05) is 6.61 Å². The van der Waals surface area contributed by atoms with E-state index >= 15 is 0 Å². The quantitative estimate of drug-likeness (QED) is 0.658. The summed E-state index contributed by atoms with van der Waals surface area (Å²) in [7, 11) is 0. The van der Waals surface area contributed by atoms with E-state index in [4.69, 9.17) is 9.84 Å². The first-order valence-corrected chi connectivity index (χ1v) is 4.02. The summed E-state index contributed by atoms with van der Waals surface area (Å²) < 4.78 is 5.32. The van der Waals surface area contributed by atoms with Crippen molar-refractivity contribution >= 4 is 5.97 Å². The Kier molecular flexibility index (Phi) is 2.88. The van der Waals surface area contributed by atoms with Gasteiger partial charge in [-0.2, -0.15) is 0 Å². The van der Waals surface area contributed by atoms with Gasteiger partial charge in [0.25, 0.3) is 0 Å². The monoisotopic (exact) mass is 158 g/mol. The fraction of sp³-hybridized carbons (Fsp3) is 0.875. The average molecular weight is 158 g/mol. The van der Waals surface area contributed by atoms with Gasteiger partial charge in [-0.15, -0.1) is 0 Å². The lowest BCUT2D eigenvalue weighted by Gasteiger charge is -2.25. The van der Waals surface area contributed by atoms with Gasteiger partial charge in [-0.3, -0.25) is 4.79 Å². The predicted octanol–water partition coefficient (Wildman–Crippen LogP) is 1.28. The summed E-state index contributed by atoms with van der Waals surface area (Å²) in [4.78, 5) is 10.3. The summed E-state index contributed by atoms with van der Waals surface area (Å²) in [6.07, 6.45) is 2.11. The van der Waals surface area contributed by atoms with Crippen molar-refractivity contribution in [3.05, 3.63) is 0 Å². The van der Waals surface area contributed by atoms with Crippen molar-refractivity contribution in [2.24, 2.45) is 5.92 Å². The molecule has 0 radical (unpaired) electrons. The number of hydrogen-bond acceptors (Lipinski definition) is 2. The zero-order chi connectivity index (χ0) is 8.27. The third kappa shape index (κ3) is 2.89. The molecule has 1 saturated heterocycles. The van der Waals surface area contributed by atoms with E-state index in [0.29, 0.717) is 5.92 Å². The first-order valence-electron chi connectivity index (χ1n) is 4.02. The van der Waals surface area contributed by atoms with E-state index < -0.39 is 5.97 Å². The van der Waals surface area contributed by atoms with Gasteiger partial charge < -0.3 is 9.84 Å². The molecule has 1 rings (SSSR count). The van der Waals surface area contributed by atoms with Crippen LogP contribution in [0.4, 0.5) is 0 Å². The molecular formula is C8H14O3. The van der Waals surface area contributed by atoms with Crippen molar-refractivity contribution in [3.63, 3.8) is 0 Å². The molecule has 1 fully saturated rings. The Labute approximate surface area is 66.4 Å². The largest absolute Gasteiger partial charge is 0.481 e. The maximum atomic E-state index is 10.3. The zero-order valence-corrected chi connectivity index (χ0v) is 6.75. The van der Waals surface area contributed by atoms with E-state index in [1.54, 1.807) is 0 Å². The maximum absolute atomic E-state index is 10.3. The normalized spacial score (nSPS) is 31.7. The van der Waals surface area contributed by atoms with Gasteiger partial charge in [0.1, 0.15) is 0 Å². The van der Waals surface area contributed by atoms with E-state index in [-0.39, 0.29) is 12.5 Å². The zero-order valence-electron chi connectivity index (χ0n) is 6.75. The van der Waals surface area contributed by atoms with Crippen LogP contribution < -0.4 is 0 Å². The fourth-order valence-corrected chi connectivity index (χ4v) is 1.29. The first kappa shape index (κ1) is 8.53. The second-order valence-electron chi connectivity index (χ2n) is 3.24. The van der Waals surface area contributed by atoms with E-state index in [1.807, 2.05) is 0 Å². The second kappa shape index (κ2) is 3.72. The van der Waals surface area contributed by atoms with E-state index in [9.17, 15) is 4.79 Å². The van der Waals surface area contributed by atoms with Gasteiger partial charge in [-0.25, -0.2) is 0 Å². The van der Waals surface area contributed by atoms with Gasteiger partial charge in [-0.05, 0) is 18.8 Å². The minimum Gasteiger partial charge on any atom is -0.481 e. The van der Waals surface area contributed by atoms with Crippen molar-refractivity contribution in [1.29, 1.82) is 0 Å². The summed E-state index contributed by atoms with van der Waals surface area (Å²) >= 11 is 0. The van der Waals surface area contributed by atoms with Crippen LogP contribution in [0.5, 0.6) is 0 Å². The topological polar surface area (TPSA) is 46.5 Å². The van der Waals surface area contributed by atoms with Crippen molar-refractivity contribution < 1.29 is 14.6 Å². The summed E-state index contributed by atoms with van der Waals surface area (Å²) in [5.74, 6) is -0.162. The lowest BCUT2D eigenvalue weighted by atomic mass is 9.99. The Morgan fingerprint density at radius 2 is 2.36 bits per heavy atom. The molecule has 0 spiro atoms. The average Bonchev–Trinajstić information content (AvgIpc) is 1.93. The molecule has 3 nitrogen and oxygen atoms in total. The SMILES string of the molecule is C[C@@H]1CC[C@@H](CC(=O)O)OC1. The lowest BCUT2D eigenvalue weighted by molar-refractivity contribution is -0.141. The molecule has 1 N–H and O–H groups in total. The number of carbonyl (C=O) groups is 1. The highest BCUT2D eigenvalue weighted by molar-refractivity contribution is 5.67. The molecule has 1 aliphatic heterocycles. The van der Waals surface area contributed by atoms with Crippen molar-refractivity contribution in [2.75, 3.05) is 6.61 Å². The van der Waals surface area contributed by atoms with E-state index in [1.165, 1.54) is 0 Å². The standard InChI is InChI=1S/C8H14O3/c1-6-2-3-7(11-5-6)4-8(9)10/h6-7H,2-5H2,1H3,(H,9,10)/t6-,7+/m1/s1. The molecule has 0 saturated carbocycles. The minimum atomic E-state index is -0.760. The molecule has 0 unspecified atom stereocenters. The molecule has 0 aromatic carbocycles. The van der Waals surface area contributed by atoms with Gasteiger partial charge in [0.05, 0.1) is 12.5 Å². The Morgan fingerprint density at radius 1 is 1.64 bits per heavy atom. The number of carboxylic acids is 1. The molecule has 0 amide bonds. The van der Waals surface area contributed by atoms with Crippen LogP contribution in [0, 0.1) is 5.92 Å². The molecule has 1 aliphatic rings. The molecule has 1 heterocycles. The Bertz CT molecular complexity index is 136. The highest BCUT2D eigenvalue weighted by Crippen LogP contribution is 2.19. The maximum Gasteiger partial charge on any atom is 0.305 e. The predicted molar refractivity (Wildman–Crippen MR) is 40.4 cm³/mol. The highest BCUT2D eigenvalue weighted by atomic mass is 16.5. The van der Waals surface area contributed by atoms with Crippen LogP contribution in [0.1, 0.15) is 26.2 Å². The Morgan fingerprint density at radius 3 is 2.82 bits per heavy atom. The fourth-order valence-electron chi connectivity index (χ4n) is 1.29. The molecule has 0 bridgehead atoms. The van der Waals surface area contributed by atoms with Crippen LogP contribution in [0.2, 0.25) is 0 Å². The lowest BCUT2D eigenvalue weighted by Crippen LogP contribution is -2.26. The number of rotatable bonds is 2. The molecular weight excluding hydrogens is 144 g/mol. The second-order valence-corrected chi connectivity index (χ2v) is 3.24. The van der Waals surface area contributed by atoms with Gasteiger partial charge in [0.2, 0.25) is 0 Å². The third-order valence-electron chi connectivity index (χ3n) is 2.00. The number of ether oxygens (including phenoxy) is 1. The van der Waals surface area contributed by atoms with Crippen LogP contribution in [0.3, 0.4) is 0 Å². The first-order chi connectivity index (χ1) is 5.18. The Balaban J connectivity index is 2.22. The van der Waals surface area contributed by atoms with E-state index in [2.05, 4.69) is 6.92 Å². The molecule has 2 atom stereocenters. The van der Waals surface area contributed by atoms with Crippen molar-refractivity contribution in [3.8, 4) is 0 Å². The smallest absolute Gasteiger partial charge is 0.305 e. The summed E-state index contributed by atoms with van der Waals surface area (Å²) in [5.41, 5.74) is 0. The molecule has 11 heavy (non-hydrogen) atoms. The summed E-state index contributed by atoms with van der Waals surface area (Å²) in [5, 5.41) is 8.45. The summed E-state index contributed by atoms with van der Waals surface area (Å²) in [6.45, 7) is 2.84. The van der Waals surface area contributed by atoms with Crippen molar-refractivity contribution in [1.82, 2.24) is 0 Å². The third-order valence-corrected chi connectivity index (χ3v) is 2.00. The van der Waals surface area contributed by atoms with Crippen LogP contribution in [0.25, 0.3) is 0 Å². The van der Waals surface area contributed by atoms with Crippen LogP contribution >= 0.6 is 0 Å². The molecule has 64 valence electrons. The number of aliphatic carboxylic acids is 1. The van der Waals surface area contributed by atoms with Gasteiger partial charge in [-0.1, -0.05) is 6.92 Å². The van der Waals surface area contributed by atoms with Crippen LogP contribution in [0.15, 0.2) is 0 Å². The number of carboxylic acid groups (broad SMARTS) is 1. The van der Waals surface area contributed by atoms with Crippen LogP contribution in [-0.2, 0) is 9.53 Å². The van der Waals surface area contributed by atoms with Gasteiger partial charge >= 0.3 is 5.97 Å². The van der Waals surface area contributed by atoms with Gasteiger partial charge in [0.15, 0.2) is 0 Å². The molecule has 0 aromatic heterocycles.